The lowest BCUT2D eigenvalue weighted by Crippen LogP contribution is -2.42. The summed E-state index contributed by atoms with van der Waals surface area (Å²) in [7, 11) is 0. The van der Waals surface area contributed by atoms with Crippen molar-refractivity contribution in [3.63, 3.8) is 0 Å². The third kappa shape index (κ3) is 4.44. The van der Waals surface area contributed by atoms with Gasteiger partial charge < -0.3 is 4.90 Å². The van der Waals surface area contributed by atoms with Crippen LogP contribution in [0.5, 0.6) is 0 Å². The van der Waals surface area contributed by atoms with Gasteiger partial charge in [-0.3, -0.25) is 0 Å². The fraction of sp³-hybridized carbons (Fsp3) is 1.00. The van der Waals surface area contributed by atoms with Crippen LogP contribution in [0.2, 0.25) is 0 Å². The summed E-state index contributed by atoms with van der Waals surface area (Å²) in [5.41, 5.74) is 0. The monoisotopic (exact) mass is 275 g/mol. The maximum absolute atomic E-state index is 3.64. The Labute approximate surface area is 104 Å². The third-order valence-electron chi connectivity index (χ3n) is 3.66. The van der Waals surface area contributed by atoms with Gasteiger partial charge in [0.15, 0.2) is 0 Å². The minimum absolute atomic E-state index is 0.849. The summed E-state index contributed by atoms with van der Waals surface area (Å²) in [6, 6.07) is 0.886. The van der Waals surface area contributed by atoms with E-state index in [2.05, 4.69) is 34.7 Å². The molecule has 0 radical (unpaired) electrons. The molecule has 1 fully saturated rings. The highest BCUT2D eigenvalue weighted by molar-refractivity contribution is 9.09. The van der Waals surface area contributed by atoms with Crippen molar-refractivity contribution >= 4 is 15.9 Å². The van der Waals surface area contributed by atoms with E-state index >= 15 is 0 Å². The summed E-state index contributed by atoms with van der Waals surface area (Å²) in [4.78, 5) is 2.75. The molecule has 0 amide bonds. The molecule has 1 aliphatic heterocycles. The maximum Gasteiger partial charge on any atom is 0.00952 e. The van der Waals surface area contributed by atoms with Gasteiger partial charge in [0.05, 0.1) is 0 Å². The summed E-state index contributed by atoms with van der Waals surface area (Å²) < 4.78 is 0. The Balaban J connectivity index is 2.40. The number of rotatable bonds is 6. The van der Waals surface area contributed by atoms with Gasteiger partial charge in [0.25, 0.3) is 0 Å². The average molecular weight is 276 g/mol. The predicted molar refractivity (Wildman–Crippen MR) is 71.7 cm³/mol. The highest BCUT2D eigenvalue weighted by Gasteiger charge is 2.23. The number of alkyl halides is 1. The Morgan fingerprint density at radius 1 is 1.33 bits per heavy atom. The van der Waals surface area contributed by atoms with Crippen LogP contribution in [0.25, 0.3) is 0 Å². The van der Waals surface area contributed by atoms with Gasteiger partial charge in [0.1, 0.15) is 0 Å². The molecule has 2 heteroatoms. The first-order chi connectivity index (χ1) is 7.31. The van der Waals surface area contributed by atoms with Gasteiger partial charge in [-0.25, -0.2) is 0 Å². The molecular weight excluding hydrogens is 250 g/mol. The lowest BCUT2D eigenvalue weighted by Gasteiger charge is -2.37. The van der Waals surface area contributed by atoms with Crippen molar-refractivity contribution in [2.24, 2.45) is 5.92 Å². The fourth-order valence-corrected chi connectivity index (χ4v) is 3.24. The lowest BCUT2D eigenvalue weighted by atomic mass is 9.96. The predicted octanol–water partition coefficient (Wildman–Crippen LogP) is 4.06. The molecule has 90 valence electrons. The second kappa shape index (κ2) is 7.67. The molecule has 0 aromatic heterocycles. The molecule has 1 rings (SSSR count). The van der Waals surface area contributed by atoms with Crippen LogP contribution < -0.4 is 0 Å². The van der Waals surface area contributed by atoms with Gasteiger partial charge in [-0.05, 0) is 31.7 Å². The lowest BCUT2D eigenvalue weighted by molar-refractivity contribution is 0.121. The highest BCUT2D eigenvalue weighted by atomic mass is 79.9. The summed E-state index contributed by atoms with van der Waals surface area (Å²) in [5, 5.41) is 1.17. The number of likely N-dealkylation sites (tertiary alicyclic amines) is 1. The molecular formula is C13H26BrN. The van der Waals surface area contributed by atoms with Gasteiger partial charge in [-0.1, -0.05) is 49.0 Å². The topological polar surface area (TPSA) is 3.24 Å². The van der Waals surface area contributed by atoms with Gasteiger partial charge in [-0.2, -0.15) is 0 Å². The van der Waals surface area contributed by atoms with Crippen molar-refractivity contribution in [2.75, 3.05) is 18.4 Å². The van der Waals surface area contributed by atoms with E-state index in [1.165, 1.54) is 56.9 Å². The van der Waals surface area contributed by atoms with E-state index in [0.29, 0.717) is 0 Å². The van der Waals surface area contributed by atoms with Crippen LogP contribution in [0.3, 0.4) is 0 Å². The molecule has 1 nitrogen and oxygen atoms in total. The van der Waals surface area contributed by atoms with Gasteiger partial charge >= 0.3 is 0 Å². The maximum atomic E-state index is 3.64. The first-order valence-electron chi connectivity index (χ1n) is 6.61. The minimum atomic E-state index is 0.849. The molecule has 0 aliphatic carbocycles. The second-order valence-corrected chi connectivity index (χ2v) is 5.51. The van der Waals surface area contributed by atoms with Crippen LogP contribution in [-0.4, -0.2) is 29.4 Å². The standard InChI is InChI=1S/C13H26BrN/c1-3-7-13-8-5-6-9-15(13)11-12(4-2)10-14/h12-13H,3-11H2,1-2H3. The Morgan fingerprint density at radius 2 is 2.13 bits per heavy atom. The van der Waals surface area contributed by atoms with Crippen molar-refractivity contribution in [1.29, 1.82) is 0 Å². The zero-order valence-corrected chi connectivity index (χ0v) is 11.9. The van der Waals surface area contributed by atoms with Crippen molar-refractivity contribution in [3.8, 4) is 0 Å². The van der Waals surface area contributed by atoms with E-state index in [1.807, 2.05) is 0 Å². The summed E-state index contributed by atoms with van der Waals surface area (Å²) in [6.45, 7) is 7.28. The Kier molecular flexibility index (Phi) is 6.91. The molecule has 0 N–H and O–H groups in total. The SMILES string of the molecule is CCCC1CCCCN1CC(CC)CBr. The molecule has 0 bridgehead atoms. The van der Waals surface area contributed by atoms with Crippen molar-refractivity contribution in [1.82, 2.24) is 4.90 Å². The molecule has 2 unspecified atom stereocenters. The number of halogens is 1. The third-order valence-corrected chi connectivity index (χ3v) is 4.57. The molecule has 1 aliphatic rings. The van der Waals surface area contributed by atoms with Crippen LogP contribution in [0.4, 0.5) is 0 Å². The van der Waals surface area contributed by atoms with E-state index in [0.717, 1.165) is 12.0 Å². The zero-order chi connectivity index (χ0) is 11.1. The normalized spacial score (nSPS) is 25.4. The zero-order valence-electron chi connectivity index (χ0n) is 10.3. The van der Waals surface area contributed by atoms with Crippen LogP contribution in [0, 0.1) is 5.92 Å². The van der Waals surface area contributed by atoms with Crippen molar-refractivity contribution < 1.29 is 0 Å². The summed E-state index contributed by atoms with van der Waals surface area (Å²) >= 11 is 3.64. The van der Waals surface area contributed by atoms with Crippen LogP contribution in [-0.2, 0) is 0 Å². The quantitative estimate of drug-likeness (QED) is 0.661. The molecule has 0 saturated carbocycles. The second-order valence-electron chi connectivity index (χ2n) is 4.86. The number of piperidine rings is 1. The van der Waals surface area contributed by atoms with Gasteiger partial charge in [0, 0.05) is 17.9 Å². The fourth-order valence-electron chi connectivity index (χ4n) is 2.58. The Morgan fingerprint density at radius 3 is 2.73 bits per heavy atom. The molecule has 1 heterocycles. The van der Waals surface area contributed by atoms with Gasteiger partial charge in [-0.15, -0.1) is 0 Å². The Hall–Kier alpha value is 0.440. The molecule has 0 aromatic rings. The van der Waals surface area contributed by atoms with Crippen molar-refractivity contribution in [2.45, 2.75) is 58.4 Å². The van der Waals surface area contributed by atoms with Crippen LogP contribution >= 0.6 is 15.9 Å². The molecule has 1 saturated heterocycles. The number of hydrogen-bond acceptors (Lipinski definition) is 1. The summed E-state index contributed by atoms with van der Waals surface area (Å²) in [5.74, 6) is 0.849. The van der Waals surface area contributed by atoms with Crippen molar-refractivity contribution in [3.05, 3.63) is 0 Å². The van der Waals surface area contributed by atoms with Crippen LogP contribution in [0.15, 0.2) is 0 Å². The Bertz CT molecular complexity index is 155. The first kappa shape index (κ1) is 13.5. The smallest absolute Gasteiger partial charge is 0.00952 e. The van der Waals surface area contributed by atoms with E-state index < -0.39 is 0 Å². The average Bonchev–Trinajstić information content (AvgIpc) is 2.28. The number of hydrogen-bond donors (Lipinski definition) is 0. The molecule has 15 heavy (non-hydrogen) atoms. The van der Waals surface area contributed by atoms with E-state index in [1.54, 1.807) is 0 Å². The highest BCUT2D eigenvalue weighted by Crippen LogP contribution is 2.23. The van der Waals surface area contributed by atoms with E-state index in [9.17, 15) is 0 Å². The molecule has 0 spiro atoms. The largest absolute Gasteiger partial charge is 0.300 e. The van der Waals surface area contributed by atoms with E-state index in [4.69, 9.17) is 0 Å². The van der Waals surface area contributed by atoms with Gasteiger partial charge in [0.2, 0.25) is 0 Å². The number of nitrogens with zero attached hydrogens (tertiary/aromatic N) is 1. The molecule has 2 atom stereocenters. The minimum Gasteiger partial charge on any atom is -0.300 e. The molecule has 0 aromatic carbocycles. The van der Waals surface area contributed by atoms with Crippen LogP contribution in [0.1, 0.15) is 52.4 Å². The summed E-state index contributed by atoms with van der Waals surface area (Å²) in [6.07, 6.45) is 8.35. The first-order valence-corrected chi connectivity index (χ1v) is 7.73. The van der Waals surface area contributed by atoms with E-state index in [-0.39, 0.29) is 0 Å².